The van der Waals surface area contributed by atoms with Gasteiger partial charge in [0.2, 0.25) is 0 Å². The summed E-state index contributed by atoms with van der Waals surface area (Å²) in [4.78, 5) is 18.1. The van der Waals surface area contributed by atoms with Crippen molar-refractivity contribution in [3.05, 3.63) is 42.6 Å². The summed E-state index contributed by atoms with van der Waals surface area (Å²) in [6.45, 7) is 4.39. The van der Waals surface area contributed by atoms with Gasteiger partial charge < -0.3 is 15.0 Å². The third-order valence-corrected chi connectivity index (χ3v) is 4.15. The number of benzene rings is 1. The molecule has 25 heavy (non-hydrogen) atoms. The van der Waals surface area contributed by atoms with E-state index in [4.69, 9.17) is 4.74 Å². The topological polar surface area (TPSA) is 66.5 Å². The van der Waals surface area contributed by atoms with Gasteiger partial charge in [-0.2, -0.15) is 0 Å². The number of hydrogen-bond acceptors (Lipinski definition) is 5. The SMILES string of the molecule is CCOC(=O)Nc1ccc(Nc2ccc(N3CCCCC3)cc2)nc1. The molecular weight excluding hydrogens is 316 g/mol. The number of hydrogen-bond donors (Lipinski definition) is 2. The van der Waals surface area contributed by atoms with Crippen LogP contribution in [0.2, 0.25) is 0 Å². The smallest absolute Gasteiger partial charge is 0.411 e. The molecule has 0 spiro atoms. The highest BCUT2D eigenvalue weighted by molar-refractivity contribution is 5.84. The second-order valence-electron chi connectivity index (χ2n) is 6.00. The van der Waals surface area contributed by atoms with Crippen molar-refractivity contribution >= 4 is 29.0 Å². The fraction of sp³-hybridized carbons (Fsp3) is 0.368. The average molecular weight is 340 g/mol. The van der Waals surface area contributed by atoms with Crippen LogP contribution < -0.4 is 15.5 Å². The molecule has 132 valence electrons. The Morgan fingerprint density at radius 1 is 1.08 bits per heavy atom. The van der Waals surface area contributed by atoms with Gasteiger partial charge in [-0.3, -0.25) is 5.32 Å². The highest BCUT2D eigenvalue weighted by Gasteiger charge is 2.10. The Labute approximate surface area is 148 Å². The zero-order chi connectivity index (χ0) is 17.5. The number of carbonyl (C=O) groups is 1. The number of nitrogens with one attached hydrogen (secondary N) is 2. The third-order valence-electron chi connectivity index (χ3n) is 4.15. The predicted octanol–water partition coefficient (Wildman–Crippen LogP) is 4.38. The highest BCUT2D eigenvalue weighted by Crippen LogP contribution is 2.23. The lowest BCUT2D eigenvalue weighted by molar-refractivity contribution is 0.168. The summed E-state index contributed by atoms with van der Waals surface area (Å²) in [7, 11) is 0. The molecule has 2 N–H and O–H groups in total. The second kappa shape index (κ2) is 8.37. The maximum atomic E-state index is 11.4. The number of carbonyl (C=O) groups excluding carboxylic acids is 1. The van der Waals surface area contributed by atoms with Crippen LogP contribution in [-0.2, 0) is 4.74 Å². The normalized spacial score (nSPS) is 14.0. The fourth-order valence-corrected chi connectivity index (χ4v) is 2.88. The number of rotatable bonds is 5. The van der Waals surface area contributed by atoms with E-state index in [1.165, 1.54) is 24.9 Å². The largest absolute Gasteiger partial charge is 0.450 e. The van der Waals surface area contributed by atoms with Gasteiger partial charge in [-0.1, -0.05) is 0 Å². The van der Waals surface area contributed by atoms with Crippen LogP contribution in [-0.4, -0.2) is 30.8 Å². The molecule has 0 bridgehead atoms. The number of aromatic nitrogens is 1. The molecule has 0 unspecified atom stereocenters. The molecule has 1 aromatic carbocycles. The van der Waals surface area contributed by atoms with Gasteiger partial charge in [0, 0.05) is 24.5 Å². The first-order chi connectivity index (χ1) is 12.2. The van der Waals surface area contributed by atoms with Gasteiger partial charge >= 0.3 is 6.09 Å². The minimum atomic E-state index is -0.474. The number of ether oxygens (including phenoxy) is 1. The highest BCUT2D eigenvalue weighted by atomic mass is 16.5. The molecule has 1 saturated heterocycles. The summed E-state index contributed by atoms with van der Waals surface area (Å²) in [5.74, 6) is 0.722. The molecule has 0 saturated carbocycles. The average Bonchev–Trinajstić information content (AvgIpc) is 2.65. The van der Waals surface area contributed by atoms with Crippen LogP contribution >= 0.6 is 0 Å². The lowest BCUT2D eigenvalue weighted by atomic mass is 10.1. The Bertz CT molecular complexity index is 680. The maximum Gasteiger partial charge on any atom is 0.411 e. The van der Waals surface area contributed by atoms with Crippen LogP contribution in [0.5, 0.6) is 0 Å². The van der Waals surface area contributed by atoms with Crippen molar-refractivity contribution in [1.29, 1.82) is 0 Å². The van der Waals surface area contributed by atoms with E-state index in [1.54, 1.807) is 19.2 Å². The lowest BCUT2D eigenvalue weighted by Crippen LogP contribution is -2.29. The molecule has 0 radical (unpaired) electrons. The number of anilines is 4. The van der Waals surface area contributed by atoms with Crippen LogP contribution in [0.25, 0.3) is 0 Å². The van der Waals surface area contributed by atoms with Crippen molar-refractivity contribution in [1.82, 2.24) is 4.98 Å². The second-order valence-corrected chi connectivity index (χ2v) is 6.00. The van der Waals surface area contributed by atoms with Crippen LogP contribution in [0, 0.1) is 0 Å². The van der Waals surface area contributed by atoms with Crippen LogP contribution in [0.15, 0.2) is 42.6 Å². The van der Waals surface area contributed by atoms with E-state index in [9.17, 15) is 4.79 Å². The van der Waals surface area contributed by atoms with Crippen LogP contribution in [0.1, 0.15) is 26.2 Å². The molecule has 0 atom stereocenters. The molecule has 1 amide bonds. The van der Waals surface area contributed by atoms with Gasteiger partial charge in [-0.05, 0) is 62.6 Å². The van der Waals surface area contributed by atoms with Crippen molar-refractivity contribution in [3.8, 4) is 0 Å². The predicted molar refractivity (Wildman–Crippen MR) is 101 cm³/mol. The summed E-state index contributed by atoms with van der Waals surface area (Å²) >= 11 is 0. The van der Waals surface area contributed by atoms with Crippen LogP contribution in [0.4, 0.5) is 27.7 Å². The summed E-state index contributed by atoms with van der Waals surface area (Å²) in [5.41, 5.74) is 2.86. The Kier molecular flexibility index (Phi) is 5.72. The number of amides is 1. The van der Waals surface area contributed by atoms with E-state index >= 15 is 0 Å². The van der Waals surface area contributed by atoms with Gasteiger partial charge in [-0.15, -0.1) is 0 Å². The van der Waals surface area contributed by atoms with Gasteiger partial charge in [0.05, 0.1) is 18.5 Å². The number of piperidine rings is 1. The van der Waals surface area contributed by atoms with E-state index in [2.05, 4.69) is 44.8 Å². The molecule has 1 aliphatic rings. The monoisotopic (exact) mass is 340 g/mol. The van der Waals surface area contributed by atoms with Crippen molar-refractivity contribution in [2.75, 3.05) is 35.2 Å². The van der Waals surface area contributed by atoms with Gasteiger partial charge in [-0.25, -0.2) is 9.78 Å². The van der Waals surface area contributed by atoms with Gasteiger partial charge in [0.25, 0.3) is 0 Å². The Hall–Kier alpha value is -2.76. The lowest BCUT2D eigenvalue weighted by Gasteiger charge is -2.28. The van der Waals surface area contributed by atoms with Crippen LogP contribution in [0.3, 0.4) is 0 Å². The minimum absolute atomic E-state index is 0.340. The molecule has 1 aliphatic heterocycles. The first-order valence-electron chi connectivity index (χ1n) is 8.76. The fourth-order valence-electron chi connectivity index (χ4n) is 2.88. The minimum Gasteiger partial charge on any atom is -0.450 e. The van der Waals surface area contributed by atoms with Crippen molar-refractivity contribution in [2.45, 2.75) is 26.2 Å². The molecule has 2 heterocycles. The van der Waals surface area contributed by atoms with E-state index in [0.29, 0.717) is 12.3 Å². The van der Waals surface area contributed by atoms with Gasteiger partial charge in [0.1, 0.15) is 5.82 Å². The molecule has 0 aliphatic carbocycles. The molecule has 6 heteroatoms. The molecule has 1 aromatic heterocycles. The summed E-state index contributed by atoms with van der Waals surface area (Å²) in [6.07, 6.45) is 5.01. The standard InChI is InChI=1S/C19H24N4O2/c1-2-25-19(24)22-16-8-11-18(20-14-16)21-15-6-9-17(10-7-15)23-12-4-3-5-13-23/h6-11,14H,2-5,12-13H2,1H3,(H,20,21)(H,22,24). The Morgan fingerprint density at radius 2 is 1.80 bits per heavy atom. The van der Waals surface area contributed by atoms with Crippen molar-refractivity contribution in [2.24, 2.45) is 0 Å². The summed E-state index contributed by atoms with van der Waals surface area (Å²) < 4.78 is 4.84. The molecule has 3 rings (SSSR count). The maximum absolute atomic E-state index is 11.4. The first-order valence-corrected chi connectivity index (χ1v) is 8.76. The van der Waals surface area contributed by atoms with E-state index < -0.39 is 6.09 Å². The molecule has 1 fully saturated rings. The van der Waals surface area contributed by atoms with Gasteiger partial charge in [0.15, 0.2) is 0 Å². The quantitative estimate of drug-likeness (QED) is 0.845. The zero-order valence-electron chi connectivity index (χ0n) is 14.5. The van der Waals surface area contributed by atoms with E-state index in [1.807, 2.05) is 6.07 Å². The van der Waals surface area contributed by atoms with E-state index in [-0.39, 0.29) is 0 Å². The summed E-state index contributed by atoms with van der Waals surface area (Å²) in [6, 6.07) is 12.0. The van der Waals surface area contributed by atoms with E-state index in [0.717, 1.165) is 24.6 Å². The van der Waals surface area contributed by atoms with Crippen molar-refractivity contribution < 1.29 is 9.53 Å². The Balaban J connectivity index is 1.57. The first kappa shape index (κ1) is 17.1. The third kappa shape index (κ3) is 4.86. The molecule has 6 nitrogen and oxygen atoms in total. The molecular formula is C19H24N4O2. The zero-order valence-corrected chi connectivity index (χ0v) is 14.5. The number of pyridine rings is 1. The number of nitrogens with zero attached hydrogens (tertiary/aromatic N) is 2. The Morgan fingerprint density at radius 3 is 2.44 bits per heavy atom. The van der Waals surface area contributed by atoms with Crippen molar-refractivity contribution in [3.63, 3.8) is 0 Å². The molecule has 2 aromatic rings. The summed E-state index contributed by atoms with van der Waals surface area (Å²) in [5, 5.41) is 5.89.